The van der Waals surface area contributed by atoms with Crippen molar-refractivity contribution in [2.75, 3.05) is 13.1 Å². The van der Waals surface area contributed by atoms with Gasteiger partial charge < -0.3 is 15.3 Å². The molecule has 0 atom stereocenters. The minimum atomic E-state index is -0.774. The Labute approximate surface area is 131 Å². The molecule has 2 N–H and O–H groups in total. The normalized spacial score (nSPS) is 16.1. The number of nitrogens with zero attached hydrogens (tertiary/aromatic N) is 1. The van der Waals surface area contributed by atoms with E-state index >= 15 is 0 Å². The molecule has 2 rings (SSSR count). The molecule has 0 bridgehead atoms. The number of carboxylic acids is 1. The lowest BCUT2D eigenvalue weighted by Crippen LogP contribution is -2.44. The maximum atomic E-state index is 12.0. The third kappa shape index (κ3) is 4.32. The van der Waals surface area contributed by atoms with Gasteiger partial charge in [-0.25, -0.2) is 4.79 Å². The number of piperidine rings is 1. The zero-order valence-corrected chi connectivity index (χ0v) is 13.0. The summed E-state index contributed by atoms with van der Waals surface area (Å²) in [5.41, 5.74) is 0.974. The highest BCUT2D eigenvalue weighted by atomic mass is 79.9. The molecule has 0 radical (unpaired) electrons. The van der Waals surface area contributed by atoms with Crippen LogP contribution in [0.5, 0.6) is 0 Å². The molecule has 2 amide bonds. The predicted octanol–water partition coefficient (Wildman–Crippen LogP) is 2.93. The summed E-state index contributed by atoms with van der Waals surface area (Å²) in [5, 5.41) is 11.6. The number of hydrogen-bond acceptors (Lipinski definition) is 2. The average Bonchev–Trinajstić information content (AvgIpc) is 2.49. The summed E-state index contributed by atoms with van der Waals surface area (Å²) in [4.78, 5) is 24.5. The smallest absolute Gasteiger partial charge is 0.321 e. The molecule has 0 saturated carbocycles. The van der Waals surface area contributed by atoms with Crippen LogP contribution in [0.1, 0.15) is 18.4 Å². The van der Waals surface area contributed by atoms with Crippen LogP contribution < -0.4 is 5.32 Å². The number of halogens is 1. The van der Waals surface area contributed by atoms with Gasteiger partial charge in [0.25, 0.3) is 0 Å². The van der Waals surface area contributed by atoms with E-state index < -0.39 is 5.97 Å². The first kappa shape index (κ1) is 15.6. The maximum Gasteiger partial charge on any atom is 0.321 e. The lowest BCUT2D eigenvalue weighted by atomic mass is 9.97. The van der Waals surface area contributed by atoms with Gasteiger partial charge in [0.05, 0.1) is 5.92 Å². The zero-order chi connectivity index (χ0) is 15.2. The molecule has 0 unspecified atom stereocenters. The summed E-state index contributed by atoms with van der Waals surface area (Å²) >= 11 is 3.43. The van der Waals surface area contributed by atoms with Crippen molar-refractivity contribution in [3.05, 3.63) is 40.5 Å². The molecule has 0 aliphatic carbocycles. The molecule has 1 aliphatic rings. The molecule has 0 spiro atoms. The van der Waals surface area contributed by atoms with Crippen molar-refractivity contribution >= 4 is 34.0 Å². The monoisotopic (exact) mass is 352 g/mol. The molecular weight excluding hydrogens is 336 g/mol. The van der Waals surface area contributed by atoms with Gasteiger partial charge in [-0.15, -0.1) is 0 Å². The third-order valence-electron chi connectivity index (χ3n) is 3.51. The maximum absolute atomic E-state index is 12.0. The Morgan fingerprint density at radius 3 is 2.57 bits per heavy atom. The van der Waals surface area contributed by atoms with Crippen LogP contribution in [-0.4, -0.2) is 35.1 Å². The molecular formula is C15H17BrN2O3. The number of carbonyl (C=O) groups excluding carboxylic acids is 1. The van der Waals surface area contributed by atoms with Gasteiger partial charge in [0.1, 0.15) is 0 Å². The number of likely N-dealkylation sites (tertiary alicyclic amines) is 1. The van der Waals surface area contributed by atoms with Crippen LogP contribution >= 0.6 is 15.9 Å². The van der Waals surface area contributed by atoms with Crippen molar-refractivity contribution in [3.63, 3.8) is 0 Å². The molecule has 1 saturated heterocycles. The number of nitrogens with one attached hydrogen (secondary N) is 1. The van der Waals surface area contributed by atoms with E-state index in [9.17, 15) is 9.59 Å². The van der Waals surface area contributed by atoms with Crippen molar-refractivity contribution < 1.29 is 14.7 Å². The first-order valence-corrected chi connectivity index (χ1v) is 7.56. The highest BCUT2D eigenvalue weighted by molar-refractivity contribution is 9.10. The van der Waals surface area contributed by atoms with Crippen LogP contribution in [0.3, 0.4) is 0 Å². The standard InChI is InChI=1S/C15H17BrN2O3/c16-13-4-2-1-3-11(13)5-8-17-15(21)18-9-6-12(7-10-18)14(19)20/h1-5,8,12H,6-7,9-10H2,(H,17,21)(H,19,20)/b8-5+. The third-order valence-corrected chi connectivity index (χ3v) is 4.23. The van der Waals surface area contributed by atoms with E-state index in [1.165, 1.54) is 0 Å². The van der Waals surface area contributed by atoms with Gasteiger partial charge in [0.15, 0.2) is 0 Å². The van der Waals surface area contributed by atoms with Gasteiger partial charge in [-0.3, -0.25) is 4.79 Å². The fourth-order valence-electron chi connectivity index (χ4n) is 2.23. The minimum absolute atomic E-state index is 0.192. The second kappa shape index (κ2) is 7.26. The second-order valence-electron chi connectivity index (χ2n) is 4.90. The van der Waals surface area contributed by atoms with Crippen LogP contribution in [0.2, 0.25) is 0 Å². The second-order valence-corrected chi connectivity index (χ2v) is 5.76. The topological polar surface area (TPSA) is 69.6 Å². The Bertz CT molecular complexity index is 552. The van der Waals surface area contributed by atoms with Gasteiger partial charge in [0.2, 0.25) is 0 Å². The summed E-state index contributed by atoms with van der Waals surface area (Å²) in [5.74, 6) is -1.10. The van der Waals surface area contributed by atoms with Crippen molar-refractivity contribution in [2.24, 2.45) is 5.92 Å². The van der Waals surface area contributed by atoms with E-state index in [-0.39, 0.29) is 11.9 Å². The fraction of sp³-hybridized carbons (Fsp3) is 0.333. The first-order valence-electron chi connectivity index (χ1n) is 6.77. The number of aliphatic carboxylic acids is 1. The summed E-state index contributed by atoms with van der Waals surface area (Å²) in [6.07, 6.45) is 4.44. The molecule has 1 aromatic rings. The van der Waals surface area contributed by atoms with Gasteiger partial charge in [-0.05, 0) is 30.5 Å². The highest BCUT2D eigenvalue weighted by Gasteiger charge is 2.26. The summed E-state index contributed by atoms with van der Waals surface area (Å²) < 4.78 is 0.956. The Kier molecular flexibility index (Phi) is 5.38. The van der Waals surface area contributed by atoms with Crippen LogP contribution in [0.4, 0.5) is 4.79 Å². The number of amides is 2. The first-order chi connectivity index (χ1) is 10.1. The van der Waals surface area contributed by atoms with E-state index in [0.29, 0.717) is 25.9 Å². The van der Waals surface area contributed by atoms with Crippen LogP contribution in [0.15, 0.2) is 34.9 Å². The van der Waals surface area contributed by atoms with Gasteiger partial charge in [-0.1, -0.05) is 34.1 Å². The largest absolute Gasteiger partial charge is 0.481 e. The van der Waals surface area contributed by atoms with E-state index in [1.54, 1.807) is 11.1 Å². The van der Waals surface area contributed by atoms with Gasteiger partial charge in [-0.2, -0.15) is 0 Å². The molecule has 0 aromatic heterocycles. The Morgan fingerprint density at radius 1 is 1.29 bits per heavy atom. The lowest BCUT2D eigenvalue weighted by Gasteiger charge is -2.29. The average molecular weight is 353 g/mol. The summed E-state index contributed by atoms with van der Waals surface area (Å²) in [7, 11) is 0. The van der Waals surface area contributed by atoms with Crippen LogP contribution in [0, 0.1) is 5.92 Å². The predicted molar refractivity (Wildman–Crippen MR) is 83.6 cm³/mol. The van der Waals surface area contributed by atoms with Crippen molar-refractivity contribution in [2.45, 2.75) is 12.8 Å². The number of rotatable bonds is 3. The SMILES string of the molecule is O=C(O)C1CCN(C(=O)N/C=C/c2ccccc2Br)CC1. The quantitative estimate of drug-likeness (QED) is 0.878. The van der Waals surface area contributed by atoms with Crippen molar-refractivity contribution in [1.82, 2.24) is 10.2 Å². The molecule has 1 heterocycles. The van der Waals surface area contributed by atoms with Crippen molar-refractivity contribution in [3.8, 4) is 0 Å². The fourth-order valence-corrected chi connectivity index (χ4v) is 2.65. The zero-order valence-electron chi connectivity index (χ0n) is 11.5. The lowest BCUT2D eigenvalue weighted by molar-refractivity contribution is -0.143. The molecule has 21 heavy (non-hydrogen) atoms. The van der Waals surface area contributed by atoms with E-state index in [4.69, 9.17) is 5.11 Å². The molecule has 5 nitrogen and oxygen atoms in total. The van der Waals surface area contributed by atoms with E-state index in [0.717, 1.165) is 10.0 Å². The number of benzene rings is 1. The Balaban J connectivity index is 1.83. The molecule has 6 heteroatoms. The van der Waals surface area contributed by atoms with E-state index in [2.05, 4.69) is 21.2 Å². The number of carboxylic acid groups (broad SMARTS) is 1. The van der Waals surface area contributed by atoms with Gasteiger partial charge in [0, 0.05) is 23.8 Å². The Hall–Kier alpha value is -1.82. The highest BCUT2D eigenvalue weighted by Crippen LogP contribution is 2.18. The summed E-state index contributed by atoms with van der Waals surface area (Å²) in [6.45, 7) is 0.956. The minimum Gasteiger partial charge on any atom is -0.481 e. The summed E-state index contributed by atoms with van der Waals surface area (Å²) in [6, 6.07) is 7.51. The van der Waals surface area contributed by atoms with Crippen molar-refractivity contribution in [1.29, 1.82) is 0 Å². The molecule has 1 fully saturated rings. The van der Waals surface area contributed by atoms with E-state index in [1.807, 2.05) is 30.3 Å². The molecule has 1 aromatic carbocycles. The molecule has 112 valence electrons. The number of urea groups is 1. The van der Waals surface area contributed by atoms with Crippen LogP contribution in [-0.2, 0) is 4.79 Å². The number of carbonyl (C=O) groups is 2. The Morgan fingerprint density at radius 2 is 1.95 bits per heavy atom. The molecule has 1 aliphatic heterocycles. The van der Waals surface area contributed by atoms with Gasteiger partial charge >= 0.3 is 12.0 Å². The van der Waals surface area contributed by atoms with Crippen LogP contribution in [0.25, 0.3) is 6.08 Å². The number of hydrogen-bond donors (Lipinski definition) is 2.